The Balaban J connectivity index is 2.08. The lowest BCUT2D eigenvalue weighted by atomic mass is 10.2. The summed E-state index contributed by atoms with van der Waals surface area (Å²) in [7, 11) is 0. The van der Waals surface area contributed by atoms with Crippen LogP contribution in [0, 0.1) is 13.8 Å². The van der Waals surface area contributed by atoms with E-state index in [9.17, 15) is 5.11 Å². The van der Waals surface area contributed by atoms with Crippen LogP contribution in [0.25, 0.3) is 0 Å². The van der Waals surface area contributed by atoms with E-state index in [0.717, 1.165) is 22.9 Å². The lowest BCUT2D eigenvalue weighted by molar-refractivity contribution is 0.148. The summed E-state index contributed by atoms with van der Waals surface area (Å²) in [5.41, 5.74) is 1.05. The van der Waals surface area contributed by atoms with Crippen molar-refractivity contribution in [3.8, 4) is 0 Å². The number of rotatable bonds is 4. The first-order valence-electron chi connectivity index (χ1n) is 5.79. The van der Waals surface area contributed by atoms with Crippen LogP contribution in [0.5, 0.6) is 0 Å². The summed E-state index contributed by atoms with van der Waals surface area (Å²) in [6.07, 6.45) is 0.776. The lowest BCUT2D eigenvalue weighted by Gasteiger charge is -2.04. The second-order valence-corrected chi connectivity index (χ2v) is 5.41. The third kappa shape index (κ3) is 2.76. The van der Waals surface area contributed by atoms with Crippen LogP contribution in [0.3, 0.4) is 0 Å². The second kappa shape index (κ2) is 5.02. The fourth-order valence-corrected chi connectivity index (χ4v) is 2.63. The van der Waals surface area contributed by atoms with Gasteiger partial charge in [-0.15, -0.1) is 11.3 Å². The number of hydrogen-bond acceptors (Lipinski definition) is 4. The van der Waals surface area contributed by atoms with Gasteiger partial charge in [-0.1, -0.05) is 6.92 Å². The molecule has 0 amide bonds. The molecule has 0 radical (unpaired) electrons. The molecule has 3 nitrogen and oxygen atoms in total. The first-order chi connectivity index (χ1) is 8.10. The van der Waals surface area contributed by atoms with Gasteiger partial charge in [-0.3, -0.25) is 0 Å². The molecule has 0 aliphatic rings. The zero-order valence-corrected chi connectivity index (χ0v) is 11.2. The molecule has 2 aromatic rings. The summed E-state index contributed by atoms with van der Waals surface area (Å²) in [5, 5.41) is 11.0. The number of aliphatic hydroxyl groups is 1. The molecule has 2 aromatic heterocycles. The molecule has 0 fully saturated rings. The monoisotopic (exact) mass is 251 g/mol. The van der Waals surface area contributed by atoms with E-state index in [-0.39, 0.29) is 0 Å². The molecule has 2 rings (SSSR count). The van der Waals surface area contributed by atoms with E-state index in [0.29, 0.717) is 12.2 Å². The molecule has 0 saturated heterocycles. The maximum Gasteiger partial charge on any atom is 0.133 e. The molecule has 1 atom stereocenters. The van der Waals surface area contributed by atoms with Crippen LogP contribution in [-0.2, 0) is 12.8 Å². The molecule has 0 aliphatic heterocycles. The van der Waals surface area contributed by atoms with E-state index in [1.807, 2.05) is 32.9 Å². The number of nitrogens with zero attached hydrogens (tertiary/aromatic N) is 1. The Bertz CT molecular complexity index is 482. The standard InChI is InChI=1S/C13H17NO2S/c1-4-10-5-6-12(16-10)11(15)7-13-14-8(2)9(3)17-13/h5-6,11,15H,4,7H2,1-3H3. The molecule has 0 aliphatic carbocycles. The van der Waals surface area contributed by atoms with E-state index >= 15 is 0 Å². The van der Waals surface area contributed by atoms with E-state index in [1.165, 1.54) is 4.88 Å². The zero-order valence-electron chi connectivity index (χ0n) is 10.4. The number of furan rings is 1. The minimum atomic E-state index is -0.597. The quantitative estimate of drug-likeness (QED) is 0.907. The first-order valence-corrected chi connectivity index (χ1v) is 6.61. The van der Waals surface area contributed by atoms with Crippen LogP contribution in [0.15, 0.2) is 16.5 Å². The zero-order chi connectivity index (χ0) is 12.4. The van der Waals surface area contributed by atoms with Gasteiger partial charge in [-0.05, 0) is 26.0 Å². The van der Waals surface area contributed by atoms with Crippen LogP contribution in [0.4, 0.5) is 0 Å². The number of aliphatic hydroxyl groups excluding tert-OH is 1. The van der Waals surface area contributed by atoms with Gasteiger partial charge < -0.3 is 9.52 Å². The molecule has 0 aromatic carbocycles. The van der Waals surface area contributed by atoms with E-state index < -0.39 is 6.10 Å². The minimum absolute atomic E-state index is 0.524. The van der Waals surface area contributed by atoms with Crippen molar-refractivity contribution in [2.45, 2.75) is 39.7 Å². The molecule has 2 heterocycles. The minimum Gasteiger partial charge on any atom is -0.463 e. The number of hydrogen-bond donors (Lipinski definition) is 1. The Kier molecular flexibility index (Phi) is 3.64. The van der Waals surface area contributed by atoms with Crippen molar-refractivity contribution in [1.29, 1.82) is 0 Å². The van der Waals surface area contributed by atoms with Crippen LogP contribution in [0.1, 0.15) is 40.1 Å². The van der Waals surface area contributed by atoms with Crippen molar-refractivity contribution in [1.82, 2.24) is 4.98 Å². The van der Waals surface area contributed by atoms with Gasteiger partial charge >= 0.3 is 0 Å². The van der Waals surface area contributed by atoms with Crippen molar-refractivity contribution in [2.24, 2.45) is 0 Å². The fourth-order valence-electron chi connectivity index (χ4n) is 1.66. The molecule has 0 bridgehead atoms. The average molecular weight is 251 g/mol. The smallest absolute Gasteiger partial charge is 0.133 e. The van der Waals surface area contributed by atoms with Gasteiger partial charge in [0.2, 0.25) is 0 Å². The van der Waals surface area contributed by atoms with Gasteiger partial charge in [-0.25, -0.2) is 4.98 Å². The summed E-state index contributed by atoms with van der Waals surface area (Å²) < 4.78 is 5.53. The molecule has 92 valence electrons. The molecular weight excluding hydrogens is 234 g/mol. The normalized spacial score (nSPS) is 12.9. The molecule has 1 unspecified atom stereocenters. The Labute approximate surface area is 105 Å². The summed E-state index contributed by atoms with van der Waals surface area (Å²) in [5.74, 6) is 1.54. The van der Waals surface area contributed by atoms with Gasteiger partial charge in [0.15, 0.2) is 0 Å². The van der Waals surface area contributed by atoms with Gasteiger partial charge in [-0.2, -0.15) is 0 Å². The van der Waals surface area contributed by atoms with Gasteiger partial charge in [0.1, 0.15) is 17.6 Å². The predicted octanol–water partition coefficient (Wildman–Crippen LogP) is 3.19. The number of aromatic nitrogens is 1. The highest BCUT2D eigenvalue weighted by Gasteiger charge is 2.15. The van der Waals surface area contributed by atoms with Gasteiger partial charge in [0.05, 0.1) is 10.7 Å². The Morgan fingerprint density at radius 1 is 1.41 bits per heavy atom. The van der Waals surface area contributed by atoms with Crippen molar-refractivity contribution in [3.63, 3.8) is 0 Å². The summed E-state index contributed by atoms with van der Waals surface area (Å²) in [6, 6.07) is 3.76. The molecule has 1 N–H and O–H groups in total. The summed E-state index contributed by atoms with van der Waals surface area (Å²) in [4.78, 5) is 5.63. The molecular formula is C13H17NO2S. The van der Waals surface area contributed by atoms with Gasteiger partial charge in [0.25, 0.3) is 0 Å². The highest BCUT2D eigenvalue weighted by Crippen LogP contribution is 2.24. The predicted molar refractivity (Wildman–Crippen MR) is 68.3 cm³/mol. The average Bonchev–Trinajstić information content (AvgIpc) is 2.87. The van der Waals surface area contributed by atoms with Crippen molar-refractivity contribution >= 4 is 11.3 Å². The largest absolute Gasteiger partial charge is 0.463 e. The number of thiazole rings is 1. The fraction of sp³-hybridized carbons (Fsp3) is 0.462. The van der Waals surface area contributed by atoms with E-state index in [4.69, 9.17) is 4.42 Å². The number of aryl methyl sites for hydroxylation is 3. The maximum absolute atomic E-state index is 10.1. The van der Waals surface area contributed by atoms with Crippen molar-refractivity contribution < 1.29 is 9.52 Å². The first kappa shape index (κ1) is 12.3. The van der Waals surface area contributed by atoms with Crippen LogP contribution < -0.4 is 0 Å². The Morgan fingerprint density at radius 2 is 2.18 bits per heavy atom. The highest BCUT2D eigenvalue weighted by molar-refractivity contribution is 7.11. The van der Waals surface area contributed by atoms with Crippen molar-refractivity contribution in [2.75, 3.05) is 0 Å². The third-order valence-electron chi connectivity index (χ3n) is 2.80. The Morgan fingerprint density at radius 3 is 2.71 bits per heavy atom. The third-order valence-corrected chi connectivity index (χ3v) is 3.90. The second-order valence-electron chi connectivity index (χ2n) is 4.13. The van der Waals surface area contributed by atoms with Crippen molar-refractivity contribution in [3.05, 3.63) is 39.2 Å². The topological polar surface area (TPSA) is 46.3 Å². The van der Waals surface area contributed by atoms with Gasteiger partial charge in [0, 0.05) is 17.7 Å². The van der Waals surface area contributed by atoms with Crippen LogP contribution in [0.2, 0.25) is 0 Å². The summed E-state index contributed by atoms with van der Waals surface area (Å²) in [6.45, 7) is 6.07. The SMILES string of the molecule is CCc1ccc(C(O)Cc2nc(C)c(C)s2)o1. The molecule has 17 heavy (non-hydrogen) atoms. The van der Waals surface area contributed by atoms with Crippen LogP contribution in [-0.4, -0.2) is 10.1 Å². The molecule has 0 spiro atoms. The molecule has 0 saturated carbocycles. The summed E-state index contributed by atoms with van der Waals surface area (Å²) >= 11 is 1.64. The van der Waals surface area contributed by atoms with E-state index in [2.05, 4.69) is 4.98 Å². The van der Waals surface area contributed by atoms with E-state index in [1.54, 1.807) is 11.3 Å². The highest BCUT2D eigenvalue weighted by atomic mass is 32.1. The molecule has 4 heteroatoms. The maximum atomic E-state index is 10.1. The Hall–Kier alpha value is -1.13. The van der Waals surface area contributed by atoms with Crippen LogP contribution >= 0.6 is 11.3 Å². The lowest BCUT2D eigenvalue weighted by Crippen LogP contribution is -2.00.